The molecule has 0 aliphatic carbocycles. The molecular formula is C17H18N2OS. The van der Waals surface area contributed by atoms with Crippen molar-refractivity contribution in [2.75, 3.05) is 5.73 Å². The van der Waals surface area contributed by atoms with Crippen molar-refractivity contribution < 1.29 is 4.42 Å². The van der Waals surface area contributed by atoms with Gasteiger partial charge in [-0.15, -0.1) is 0 Å². The number of benzene rings is 2. The Morgan fingerprint density at radius 3 is 2.52 bits per heavy atom. The highest BCUT2D eigenvalue weighted by atomic mass is 32.2. The van der Waals surface area contributed by atoms with Gasteiger partial charge in [0.15, 0.2) is 5.58 Å². The maximum atomic E-state index is 5.76. The summed E-state index contributed by atoms with van der Waals surface area (Å²) < 4.78 is 5.75. The molecular weight excluding hydrogens is 280 g/mol. The van der Waals surface area contributed by atoms with Gasteiger partial charge >= 0.3 is 0 Å². The lowest BCUT2D eigenvalue weighted by Crippen LogP contribution is -1.93. The molecule has 0 atom stereocenters. The van der Waals surface area contributed by atoms with Crippen LogP contribution in [0.25, 0.3) is 11.1 Å². The fourth-order valence-electron chi connectivity index (χ4n) is 2.55. The monoisotopic (exact) mass is 298 g/mol. The van der Waals surface area contributed by atoms with Crippen LogP contribution in [0, 0.1) is 20.8 Å². The topological polar surface area (TPSA) is 52.0 Å². The largest absolute Gasteiger partial charge is 0.431 e. The molecule has 3 aromatic rings. The molecule has 2 N–H and O–H groups in total. The quantitative estimate of drug-likeness (QED) is 0.566. The maximum absolute atomic E-state index is 5.76. The molecule has 0 amide bonds. The Hall–Kier alpha value is -1.94. The lowest BCUT2D eigenvalue weighted by molar-refractivity contribution is 0.489. The molecule has 4 heteroatoms. The number of hydrogen-bond acceptors (Lipinski definition) is 4. The van der Waals surface area contributed by atoms with Crippen molar-refractivity contribution in [3.05, 3.63) is 52.6 Å². The van der Waals surface area contributed by atoms with Gasteiger partial charge in [0.2, 0.25) is 0 Å². The van der Waals surface area contributed by atoms with E-state index < -0.39 is 0 Å². The number of rotatable bonds is 3. The van der Waals surface area contributed by atoms with Crippen LogP contribution in [0.5, 0.6) is 0 Å². The number of fused-ring (bicyclic) bond motifs is 1. The van der Waals surface area contributed by atoms with E-state index in [1.54, 1.807) is 11.8 Å². The minimum atomic E-state index is 0.690. The van der Waals surface area contributed by atoms with Gasteiger partial charge in [0, 0.05) is 17.5 Å². The lowest BCUT2D eigenvalue weighted by Gasteiger charge is -2.09. The minimum Gasteiger partial charge on any atom is -0.431 e. The van der Waals surface area contributed by atoms with Crippen molar-refractivity contribution in [3.8, 4) is 0 Å². The van der Waals surface area contributed by atoms with E-state index in [2.05, 4.69) is 37.9 Å². The first kappa shape index (κ1) is 14.0. The standard InChI is InChI=1S/C17H18N2OS/c1-10-6-11(2)14(12(3)7-10)9-21-17-19-15-5-4-13(18)8-16(15)20-17/h4-8H,9,18H2,1-3H3. The van der Waals surface area contributed by atoms with E-state index >= 15 is 0 Å². The van der Waals surface area contributed by atoms with Crippen molar-refractivity contribution in [1.82, 2.24) is 4.98 Å². The van der Waals surface area contributed by atoms with Crippen molar-refractivity contribution in [2.45, 2.75) is 31.7 Å². The second kappa shape index (κ2) is 5.45. The van der Waals surface area contributed by atoms with E-state index in [0.717, 1.165) is 16.9 Å². The van der Waals surface area contributed by atoms with Crippen LogP contribution < -0.4 is 5.73 Å². The number of hydrogen-bond donors (Lipinski definition) is 1. The molecule has 0 fully saturated rings. The van der Waals surface area contributed by atoms with Crippen molar-refractivity contribution in [1.29, 1.82) is 0 Å². The summed E-state index contributed by atoms with van der Waals surface area (Å²) in [4.78, 5) is 4.49. The number of anilines is 1. The van der Waals surface area contributed by atoms with Gasteiger partial charge in [-0.3, -0.25) is 0 Å². The number of nitrogens with zero attached hydrogens (tertiary/aromatic N) is 1. The molecule has 3 rings (SSSR count). The van der Waals surface area contributed by atoms with Crippen molar-refractivity contribution in [3.63, 3.8) is 0 Å². The molecule has 0 aliphatic heterocycles. The summed E-state index contributed by atoms with van der Waals surface area (Å²) in [5, 5.41) is 0.690. The Kier molecular flexibility index (Phi) is 3.64. The fourth-order valence-corrected chi connectivity index (χ4v) is 3.59. The highest BCUT2D eigenvalue weighted by molar-refractivity contribution is 7.98. The summed E-state index contributed by atoms with van der Waals surface area (Å²) in [6.45, 7) is 6.44. The van der Waals surface area contributed by atoms with Crippen LogP contribution in [0.1, 0.15) is 22.3 Å². The zero-order valence-corrected chi connectivity index (χ0v) is 13.3. The van der Waals surface area contributed by atoms with Crippen LogP contribution in [0.4, 0.5) is 5.69 Å². The van der Waals surface area contributed by atoms with E-state index in [-0.39, 0.29) is 0 Å². The molecule has 1 aromatic heterocycles. The number of oxazole rings is 1. The van der Waals surface area contributed by atoms with Crippen molar-refractivity contribution >= 4 is 28.5 Å². The number of nitrogens with two attached hydrogens (primary N) is 1. The molecule has 0 aliphatic rings. The third kappa shape index (κ3) is 2.90. The lowest BCUT2D eigenvalue weighted by atomic mass is 10.0. The van der Waals surface area contributed by atoms with Gasteiger partial charge in [0.05, 0.1) is 0 Å². The predicted octanol–water partition coefficient (Wildman–Crippen LogP) is 4.63. The molecule has 0 bridgehead atoms. The molecule has 1 heterocycles. The zero-order valence-electron chi connectivity index (χ0n) is 12.4. The normalized spacial score (nSPS) is 11.2. The molecule has 0 saturated carbocycles. The van der Waals surface area contributed by atoms with E-state index in [1.807, 2.05) is 18.2 Å². The number of thioether (sulfide) groups is 1. The zero-order chi connectivity index (χ0) is 15.0. The minimum absolute atomic E-state index is 0.690. The highest BCUT2D eigenvalue weighted by Gasteiger charge is 2.09. The predicted molar refractivity (Wildman–Crippen MR) is 88.6 cm³/mol. The molecule has 2 aromatic carbocycles. The number of aryl methyl sites for hydroxylation is 3. The number of aromatic nitrogens is 1. The highest BCUT2D eigenvalue weighted by Crippen LogP contribution is 2.29. The van der Waals surface area contributed by atoms with Gasteiger partial charge < -0.3 is 10.2 Å². The summed E-state index contributed by atoms with van der Waals surface area (Å²) in [5.74, 6) is 0.861. The molecule has 108 valence electrons. The Morgan fingerprint density at radius 1 is 1.10 bits per heavy atom. The van der Waals surface area contributed by atoms with Gasteiger partial charge in [0.1, 0.15) is 5.52 Å². The van der Waals surface area contributed by atoms with Gasteiger partial charge in [0.25, 0.3) is 5.22 Å². The summed E-state index contributed by atoms with van der Waals surface area (Å²) in [7, 11) is 0. The van der Waals surface area contributed by atoms with Gasteiger partial charge in [-0.2, -0.15) is 0 Å². The van der Waals surface area contributed by atoms with Gasteiger partial charge in [-0.1, -0.05) is 29.5 Å². The average Bonchev–Trinajstić information content (AvgIpc) is 2.79. The van der Waals surface area contributed by atoms with E-state index in [0.29, 0.717) is 10.9 Å². The van der Waals surface area contributed by atoms with Gasteiger partial charge in [-0.25, -0.2) is 4.98 Å². The first-order chi connectivity index (χ1) is 10.0. The van der Waals surface area contributed by atoms with E-state index in [9.17, 15) is 0 Å². The van der Waals surface area contributed by atoms with Crippen molar-refractivity contribution in [2.24, 2.45) is 0 Å². The number of nitrogen functional groups attached to an aromatic ring is 1. The van der Waals surface area contributed by atoms with Crippen LogP contribution in [0.2, 0.25) is 0 Å². The van der Waals surface area contributed by atoms with Crippen LogP contribution >= 0.6 is 11.8 Å². The van der Waals surface area contributed by atoms with Crippen LogP contribution in [-0.4, -0.2) is 4.98 Å². The van der Waals surface area contributed by atoms with Crippen LogP contribution in [0.15, 0.2) is 40.0 Å². The fraction of sp³-hybridized carbons (Fsp3) is 0.235. The summed E-state index contributed by atoms with van der Waals surface area (Å²) >= 11 is 1.62. The molecule has 3 nitrogen and oxygen atoms in total. The summed E-state index contributed by atoms with van der Waals surface area (Å²) in [6.07, 6.45) is 0. The average molecular weight is 298 g/mol. The first-order valence-corrected chi connectivity index (χ1v) is 7.87. The summed E-state index contributed by atoms with van der Waals surface area (Å²) in [5.41, 5.74) is 13.3. The van der Waals surface area contributed by atoms with E-state index in [1.165, 1.54) is 22.3 Å². The molecule has 0 radical (unpaired) electrons. The second-order valence-electron chi connectivity index (χ2n) is 5.37. The van der Waals surface area contributed by atoms with Crippen LogP contribution in [0.3, 0.4) is 0 Å². The Morgan fingerprint density at radius 2 is 1.81 bits per heavy atom. The Balaban J connectivity index is 1.83. The second-order valence-corrected chi connectivity index (χ2v) is 6.30. The molecule has 0 unspecified atom stereocenters. The van der Waals surface area contributed by atoms with Crippen LogP contribution in [-0.2, 0) is 5.75 Å². The Bertz CT molecular complexity index is 785. The maximum Gasteiger partial charge on any atom is 0.257 e. The first-order valence-electron chi connectivity index (χ1n) is 6.88. The third-order valence-electron chi connectivity index (χ3n) is 3.57. The van der Waals surface area contributed by atoms with Gasteiger partial charge in [-0.05, 0) is 49.6 Å². The molecule has 0 spiro atoms. The molecule has 21 heavy (non-hydrogen) atoms. The Labute approximate surface area is 128 Å². The van der Waals surface area contributed by atoms with E-state index in [4.69, 9.17) is 10.2 Å². The smallest absolute Gasteiger partial charge is 0.257 e. The molecule has 0 saturated heterocycles. The SMILES string of the molecule is Cc1cc(C)c(CSc2nc3ccc(N)cc3o2)c(C)c1. The summed E-state index contributed by atoms with van der Waals surface area (Å²) in [6, 6.07) is 9.98. The third-order valence-corrected chi connectivity index (χ3v) is 4.43.